The topological polar surface area (TPSA) is 58.9 Å². The molecule has 2 rings (SSSR count). The summed E-state index contributed by atoms with van der Waals surface area (Å²) in [5.74, 6) is 1.80. The van der Waals surface area contributed by atoms with Crippen molar-refractivity contribution in [3.63, 3.8) is 0 Å². The van der Waals surface area contributed by atoms with Crippen LogP contribution in [0.3, 0.4) is 0 Å². The predicted molar refractivity (Wildman–Crippen MR) is 80.9 cm³/mol. The summed E-state index contributed by atoms with van der Waals surface area (Å²) in [6.45, 7) is 1.73. The molecule has 21 heavy (non-hydrogen) atoms. The predicted octanol–water partition coefficient (Wildman–Crippen LogP) is 3.08. The molecule has 4 nitrogen and oxygen atoms in total. The lowest BCUT2D eigenvalue weighted by Gasteiger charge is -2.17. The molecule has 0 bridgehead atoms. The van der Waals surface area contributed by atoms with Gasteiger partial charge in [-0.3, -0.25) is 0 Å². The van der Waals surface area contributed by atoms with E-state index in [1.807, 2.05) is 30.3 Å². The SMILES string of the molecule is COc1cccc(Oc2ccccc2CCO)c1C(C)O. The smallest absolute Gasteiger partial charge is 0.136 e. The number of benzene rings is 2. The minimum absolute atomic E-state index is 0.0573. The van der Waals surface area contributed by atoms with Gasteiger partial charge >= 0.3 is 0 Å². The highest BCUT2D eigenvalue weighted by atomic mass is 16.5. The van der Waals surface area contributed by atoms with Gasteiger partial charge in [0.15, 0.2) is 0 Å². The lowest BCUT2D eigenvalue weighted by Crippen LogP contribution is -2.01. The van der Waals surface area contributed by atoms with Crippen molar-refractivity contribution >= 4 is 0 Å². The fraction of sp³-hybridized carbons (Fsp3) is 0.294. The lowest BCUT2D eigenvalue weighted by atomic mass is 10.1. The van der Waals surface area contributed by atoms with E-state index < -0.39 is 6.10 Å². The van der Waals surface area contributed by atoms with E-state index in [1.54, 1.807) is 26.2 Å². The van der Waals surface area contributed by atoms with E-state index in [9.17, 15) is 5.11 Å². The van der Waals surface area contributed by atoms with E-state index in [4.69, 9.17) is 14.6 Å². The summed E-state index contributed by atoms with van der Waals surface area (Å²) >= 11 is 0. The molecule has 0 radical (unpaired) electrons. The van der Waals surface area contributed by atoms with Gasteiger partial charge in [-0.15, -0.1) is 0 Å². The maximum Gasteiger partial charge on any atom is 0.136 e. The number of aliphatic hydroxyl groups is 2. The summed E-state index contributed by atoms with van der Waals surface area (Å²) < 4.78 is 11.2. The molecule has 2 N–H and O–H groups in total. The quantitative estimate of drug-likeness (QED) is 0.857. The van der Waals surface area contributed by atoms with Gasteiger partial charge in [-0.25, -0.2) is 0 Å². The number of hydrogen-bond acceptors (Lipinski definition) is 4. The maximum atomic E-state index is 9.97. The highest BCUT2D eigenvalue weighted by molar-refractivity contribution is 5.49. The summed E-state index contributed by atoms with van der Waals surface area (Å²) in [5, 5.41) is 19.1. The number of aliphatic hydroxyl groups excluding tert-OH is 2. The monoisotopic (exact) mass is 288 g/mol. The van der Waals surface area contributed by atoms with Gasteiger partial charge in [0.1, 0.15) is 17.2 Å². The van der Waals surface area contributed by atoms with Crippen molar-refractivity contribution in [1.29, 1.82) is 0 Å². The molecule has 112 valence electrons. The Morgan fingerprint density at radius 1 is 1.00 bits per heavy atom. The van der Waals surface area contributed by atoms with Crippen molar-refractivity contribution in [2.24, 2.45) is 0 Å². The van der Waals surface area contributed by atoms with Crippen LogP contribution in [0.15, 0.2) is 42.5 Å². The molecule has 0 amide bonds. The van der Waals surface area contributed by atoms with Crippen LogP contribution in [0.5, 0.6) is 17.2 Å². The van der Waals surface area contributed by atoms with E-state index in [1.165, 1.54) is 0 Å². The van der Waals surface area contributed by atoms with Crippen LogP contribution in [0.1, 0.15) is 24.2 Å². The maximum absolute atomic E-state index is 9.97. The molecule has 0 aromatic heterocycles. The van der Waals surface area contributed by atoms with Crippen LogP contribution in [-0.2, 0) is 6.42 Å². The van der Waals surface area contributed by atoms with Crippen LogP contribution >= 0.6 is 0 Å². The zero-order chi connectivity index (χ0) is 15.2. The van der Waals surface area contributed by atoms with Crippen molar-refractivity contribution in [1.82, 2.24) is 0 Å². The third-order valence-electron chi connectivity index (χ3n) is 3.24. The van der Waals surface area contributed by atoms with Crippen molar-refractivity contribution in [3.8, 4) is 17.2 Å². The Kier molecular flexibility index (Phi) is 5.20. The molecule has 0 fully saturated rings. The zero-order valence-electron chi connectivity index (χ0n) is 12.2. The van der Waals surface area contributed by atoms with Crippen LogP contribution < -0.4 is 9.47 Å². The molecule has 4 heteroatoms. The molecule has 0 spiro atoms. The van der Waals surface area contributed by atoms with Crippen molar-refractivity contribution in [2.45, 2.75) is 19.4 Å². The van der Waals surface area contributed by atoms with Crippen molar-refractivity contribution in [3.05, 3.63) is 53.6 Å². The second kappa shape index (κ2) is 7.11. The largest absolute Gasteiger partial charge is 0.496 e. The minimum Gasteiger partial charge on any atom is -0.496 e. The molecule has 1 unspecified atom stereocenters. The van der Waals surface area contributed by atoms with E-state index in [0.29, 0.717) is 29.2 Å². The standard InChI is InChI=1S/C17H20O4/c1-12(19)17-15(20-2)8-5-9-16(17)21-14-7-4-3-6-13(14)10-11-18/h3-9,12,18-19H,10-11H2,1-2H3. The second-order valence-electron chi connectivity index (χ2n) is 4.73. The molecule has 0 aliphatic heterocycles. The summed E-state index contributed by atoms with van der Waals surface area (Å²) in [6, 6.07) is 12.9. The Morgan fingerprint density at radius 3 is 2.33 bits per heavy atom. The normalized spacial score (nSPS) is 12.0. The molecule has 1 atom stereocenters. The molecule has 2 aromatic rings. The molecule has 0 heterocycles. The number of para-hydroxylation sites is 1. The van der Waals surface area contributed by atoms with Crippen LogP contribution in [0.4, 0.5) is 0 Å². The molecular weight excluding hydrogens is 268 g/mol. The molecule has 0 aliphatic carbocycles. The molecular formula is C17H20O4. The van der Waals surface area contributed by atoms with Crippen LogP contribution in [0.2, 0.25) is 0 Å². The van der Waals surface area contributed by atoms with Gasteiger partial charge < -0.3 is 19.7 Å². The number of hydrogen-bond donors (Lipinski definition) is 2. The van der Waals surface area contributed by atoms with Crippen molar-refractivity contribution < 1.29 is 19.7 Å². The van der Waals surface area contributed by atoms with Gasteiger partial charge in [0.25, 0.3) is 0 Å². The molecule has 0 aliphatic rings. The van der Waals surface area contributed by atoms with E-state index in [-0.39, 0.29) is 6.61 Å². The van der Waals surface area contributed by atoms with E-state index >= 15 is 0 Å². The summed E-state index contributed by atoms with van der Waals surface area (Å²) in [7, 11) is 1.56. The number of methoxy groups -OCH3 is 1. The average Bonchev–Trinajstić information content (AvgIpc) is 2.49. The van der Waals surface area contributed by atoms with E-state index in [2.05, 4.69) is 0 Å². The van der Waals surface area contributed by atoms with Crippen LogP contribution in [-0.4, -0.2) is 23.9 Å². The Morgan fingerprint density at radius 2 is 1.67 bits per heavy atom. The second-order valence-corrected chi connectivity index (χ2v) is 4.73. The van der Waals surface area contributed by atoms with Gasteiger partial charge in [0.05, 0.1) is 18.8 Å². The summed E-state index contributed by atoms with van der Waals surface area (Å²) in [6.07, 6.45) is -0.189. The zero-order valence-corrected chi connectivity index (χ0v) is 12.2. The molecule has 0 saturated carbocycles. The Balaban J connectivity index is 2.40. The minimum atomic E-state index is -0.707. The summed E-state index contributed by atoms with van der Waals surface area (Å²) in [4.78, 5) is 0. The first-order valence-electron chi connectivity index (χ1n) is 6.89. The average molecular weight is 288 g/mol. The first-order valence-corrected chi connectivity index (χ1v) is 6.89. The third kappa shape index (κ3) is 3.54. The first kappa shape index (κ1) is 15.4. The van der Waals surface area contributed by atoms with Gasteiger partial charge in [0, 0.05) is 6.61 Å². The van der Waals surface area contributed by atoms with Gasteiger partial charge in [-0.1, -0.05) is 24.3 Å². The van der Waals surface area contributed by atoms with Crippen LogP contribution in [0, 0.1) is 0 Å². The molecule has 2 aromatic carbocycles. The van der Waals surface area contributed by atoms with Gasteiger partial charge in [-0.05, 0) is 37.1 Å². The van der Waals surface area contributed by atoms with Gasteiger partial charge in [0.2, 0.25) is 0 Å². The highest BCUT2D eigenvalue weighted by Gasteiger charge is 2.16. The Bertz CT molecular complexity index is 593. The Labute approximate surface area is 124 Å². The van der Waals surface area contributed by atoms with Gasteiger partial charge in [-0.2, -0.15) is 0 Å². The summed E-state index contributed by atoms with van der Waals surface area (Å²) in [5.41, 5.74) is 1.53. The lowest BCUT2D eigenvalue weighted by molar-refractivity contribution is 0.190. The fourth-order valence-electron chi connectivity index (χ4n) is 2.25. The highest BCUT2D eigenvalue weighted by Crippen LogP contribution is 2.37. The first-order chi connectivity index (χ1) is 10.2. The van der Waals surface area contributed by atoms with Crippen molar-refractivity contribution in [2.75, 3.05) is 13.7 Å². The van der Waals surface area contributed by atoms with Crippen LogP contribution in [0.25, 0.3) is 0 Å². The van der Waals surface area contributed by atoms with E-state index in [0.717, 1.165) is 5.56 Å². The fourth-order valence-corrected chi connectivity index (χ4v) is 2.25. The molecule has 0 saturated heterocycles. The third-order valence-corrected chi connectivity index (χ3v) is 3.24. The number of ether oxygens (including phenoxy) is 2. The number of rotatable bonds is 6. The Hall–Kier alpha value is -2.04.